The maximum Gasteiger partial charge on any atom is 0.244 e. The zero-order valence-corrected chi connectivity index (χ0v) is 16.6. The molecule has 0 amide bonds. The van der Waals surface area contributed by atoms with Gasteiger partial charge in [-0.3, -0.25) is 0 Å². The van der Waals surface area contributed by atoms with Crippen LogP contribution in [0.2, 0.25) is 0 Å². The molecule has 0 fully saturated rings. The first-order valence-electron chi connectivity index (χ1n) is 8.51. The number of aromatic nitrogens is 1. The highest BCUT2D eigenvalue weighted by molar-refractivity contribution is 7.89. The van der Waals surface area contributed by atoms with Crippen LogP contribution in [0.25, 0.3) is 0 Å². The minimum Gasteiger partial charge on any atom is -0.497 e. The lowest BCUT2D eigenvalue weighted by atomic mass is 10.3. The number of methoxy groups -OCH3 is 2. The number of hydrogen-bond acceptors (Lipinski definition) is 6. The number of benzene rings is 2. The Balaban J connectivity index is 1.69. The van der Waals surface area contributed by atoms with Crippen LogP contribution < -0.4 is 18.9 Å². The van der Waals surface area contributed by atoms with Gasteiger partial charge in [0.25, 0.3) is 0 Å². The summed E-state index contributed by atoms with van der Waals surface area (Å²) in [5, 5.41) is 0. The molecule has 1 heterocycles. The van der Waals surface area contributed by atoms with E-state index in [1.165, 1.54) is 50.7 Å². The number of nitrogens with one attached hydrogen (secondary N) is 1. The van der Waals surface area contributed by atoms with E-state index in [9.17, 15) is 12.8 Å². The quantitative estimate of drug-likeness (QED) is 0.603. The second-order valence-corrected chi connectivity index (χ2v) is 7.64. The molecule has 0 aliphatic rings. The van der Waals surface area contributed by atoms with E-state index in [0.717, 1.165) is 0 Å². The van der Waals surface area contributed by atoms with Gasteiger partial charge in [-0.05, 0) is 29.8 Å². The molecule has 9 heteroatoms. The van der Waals surface area contributed by atoms with E-state index in [0.29, 0.717) is 17.1 Å². The number of sulfonamides is 1. The Morgan fingerprint density at radius 2 is 1.83 bits per heavy atom. The van der Waals surface area contributed by atoms with Crippen LogP contribution >= 0.6 is 0 Å². The SMILES string of the molecule is COc1ccc(OC)c(S(=O)(=O)NCc2ccc(Oc3cccc(F)c3)nc2)c1. The van der Waals surface area contributed by atoms with E-state index in [1.807, 2.05) is 0 Å². The fourth-order valence-corrected chi connectivity index (χ4v) is 3.68. The Labute approximate surface area is 168 Å². The Bertz CT molecular complexity index is 1090. The van der Waals surface area contributed by atoms with E-state index < -0.39 is 15.8 Å². The largest absolute Gasteiger partial charge is 0.497 e. The fourth-order valence-electron chi connectivity index (χ4n) is 2.48. The van der Waals surface area contributed by atoms with E-state index in [1.54, 1.807) is 24.3 Å². The van der Waals surface area contributed by atoms with Crippen LogP contribution in [0.4, 0.5) is 4.39 Å². The molecule has 0 unspecified atom stereocenters. The molecule has 0 saturated carbocycles. The van der Waals surface area contributed by atoms with Gasteiger partial charge in [-0.25, -0.2) is 22.5 Å². The molecule has 29 heavy (non-hydrogen) atoms. The number of hydrogen-bond donors (Lipinski definition) is 1. The van der Waals surface area contributed by atoms with Gasteiger partial charge in [0.2, 0.25) is 15.9 Å². The van der Waals surface area contributed by atoms with E-state index in [4.69, 9.17) is 14.2 Å². The maximum atomic E-state index is 13.2. The molecule has 1 N–H and O–H groups in total. The maximum absolute atomic E-state index is 13.2. The molecule has 0 radical (unpaired) electrons. The highest BCUT2D eigenvalue weighted by Gasteiger charge is 2.20. The fraction of sp³-hybridized carbons (Fsp3) is 0.150. The van der Waals surface area contributed by atoms with Crippen molar-refractivity contribution >= 4 is 10.0 Å². The van der Waals surface area contributed by atoms with Crippen LogP contribution in [0.5, 0.6) is 23.1 Å². The normalized spacial score (nSPS) is 11.1. The molecule has 1 aromatic heterocycles. The third-order valence-electron chi connectivity index (χ3n) is 3.94. The highest BCUT2D eigenvalue weighted by Crippen LogP contribution is 2.28. The van der Waals surface area contributed by atoms with E-state index in [2.05, 4.69) is 9.71 Å². The van der Waals surface area contributed by atoms with Gasteiger partial charge in [-0.15, -0.1) is 0 Å². The Hall–Kier alpha value is -3.17. The molecular formula is C20H19FN2O5S. The van der Waals surface area contributed by atoms with Gasteiger partial charge in [0.1, 0.15) is 28.0 Å². The third-order valence-corrected chi connectivity index (χ3v) is 5.37. The summed E-state index contributed by atoms with van der Waals surface area (Å²) in [4.78, 5) is 4.08. The Morgan fingerprint density at radius 1 is 1.00 bits per heavy atom. The van der Waals surface area contributed by atoms with Crippen LogP contribution in [0.15, 0.2) is 65.7 Å². The summed E-state index contributed by atoms with van der Waals surface area (Å²) < 4.78 is 56.7. The van der Waals surface area contributed by atoms with Gasteiger partial charge in [-0.2, -0.15) is 0 Å². The summed E-state index contributed by atoms with van der Waals surface area (Å²) in [6, 6.07) is 13.4. The van der Waals surface area contributed by atoms with Crippen LogP contribution in [0.1, 0.15) is 5.56 Å². The predicted molar refractivity (Wildman–Crippen MR) is 104 cm³/mol. The van der Waals surface area contributed by atoms with Crippen molar-refractivity contribution < 1.29 is 27.0 Å². The lowest BCUT2D eigenvalue weighted by Crippen LogP contribution is -2.23. The van der Waals surface area contributed by atoms with Crippen LogP contribution in [0.3, 0.4) is 0 Å². The molecular weight excluding hydrogens is 399 g/mol. The van der Waals surface area contributed by atoms with Crippen molar-refractivity contribution in [2.24, 2.45) is 0 Å². The third kappa shape index (κ3) is 5.21. The zero-order valence-electron chi connectivity index (χ0n) is 15.8. The first kappa shape index (κ1) is 20.6. The van der Waals surface area contributed by atoms with Crippen LogP contribution in [-0.4, -0.2) is 27.6 Å². The van der Waals surface area contributed by atoms with Crippen LogP contribution in [-0.2, 0) is 16.6 Å². The molecule has 0 saturated heterocycles. The molecule has 0 aliphatic carbocycles. The van der Waals surface area contributed by atoms with Crippen molar-refractivity contribution in [1.29, 1.82) is 0 Å². The standard InChI is InChI=1S/C20H19FN2O5S/c1-26-16-7-8-18(27-2)19(11-16)29(24,25)23-13-14-6-9-20(22-12-14)28-17-5-3-4-15(21)10-17/h3-12,23H,13H2,1-2H3. The summed E-state index contributed by atoms with van der Waals surface area (Å²) in [5.74, 6) is 0.760. The summed E-state index contributed by atoms with van der Waals surface area (Å²) in [7, 11) is -1.01. The Kier molecular flexibility index (Phi) is 6.30. The number of pyridine rings is 1. The summed E-state index contributed by atoms with van der Waals surface area (Å²) >= 11 is 0. The zero-order chi connectivity index (χ0) is 20.9. The van der Waals surface area contributed by atoms with E-state index in [-0.39, 0.29) is 23.1 Å². The number of halogens is 1. The van der Waals surface area contributed by atoms with E-state index >= 15 is 0 Å². The van der Waals surface area contributed by atoms with Crippen molar-refractivity contribution in [2.45, 2.75) is 11.4 Å². The topological polar surface area (TPSA) is 86.8 Å². The molecule has 152 valence electrons. The molecule has 3 rings (SSSR count). The number of ether oxygens (including phenoxy) is 3. The first-order chi connectivity index (χ1) is 13.9. The van der Waals surface area contributed by atoms with Crippen molar-refractivity contribution in [2.75, 3.05) is 14.2 Å². The van der Waals surface area contributed by atoms with Crippen molar-refractivity contribution in [3.05, 3.63) is 72.2 Å². The summed E-state index contributed by atoms with van der Waals surface area (Å²) in [5.41, 5.74) is 0.613. The van der Waals surface area contributed by atoms with Crippen molar-refractivity contribution in [3.63, 3.8) is 0 Å². The number of rotatable bonds is 8. The lowest BCUT2D eigenvalue weighted by molar-refractivity contribution is 0.392. The van der Waals surface area contributed by atoms with Gasteiger partial charge in [0, 0.05) is 30.9 Å². The minimum atomic E-state index is -3.85. The van der Waals surface area contributed by atoms with Gasteiger partial charge in [-0.1, -0.05) is 12.1 Å². The molecule has 2 aromatic carbocycles. The Morgan fingerprint density at radius 3 is 2.48 bits per heavy atom. The smallest absolute Gasteiger partial charge is 0.244 e. The molecule has 0 bridgehead atoms. The molecule has 0 aliphatic heterocycles. The molecule has 0 atom stereocenters. The van der Waals surface area contributed by atoms with Gasteiger partial charge in [0.15, 0.2) is 0 Å². The highest BCUT2D eigenvalue weighted by atomic mass is 32.2. The predicted octanol–water partition coefficient (Wildman–Crippen LogP) is 3.51. The van der Waals surface area contributed by atoms with Gasteiger partial charge < -0.3 is 14.2 Å². The average molecular weight is 418 g/mol. The second kappa shape index (κ2) is 8.89. The lowest BCUT2D eigenvalue weighted by Gasteiger charge is -2.12. The molecule has 0 spiro atoms. The van der Waals surface area contributed by atoms with Crippen LogP contribution in [0, 0.1) is 5.82 Å². The van der Waals surface area contributed by atoms with Gasteiger partial charge >= 0.3 is 0 Å². The molecule has 3 aromatic rings. The van der Waals surface area contributed by atoms with Gasteiger partial charge in [0.05, 0.1) is 14.2 Å². The first-order valence-corrected chi connectivity index (χ1v) is 9.99. The minimum absolute atomic E-state index is 0.00986. The summed E-state index contributed by atoms with van der Waals surface area (Å²) in [6.45, 7) is 0.00986. The monoisotopic (exact) mass is 418 g/mol. The second-order valence-electron chi connectivity index (χ2n) is 5.91. The van der Waals surface area contributed by atoms with Crippen molar-refractivity contribution in [3.8, 4) is 23.1 Å². The van der Waals surface area contributed by atoms with Crippen molar-refractivity contribution in [1.82, 2.24) is 9.71 Å². The number of nitrogens with zero attached hydrogens (tertiary/aromatic N) is 1. The average Bonchev–Trinajstić information content (AvgIpc) is 2.73. The summed E-state index contributed by atoms with van der Waals surface area (Å²) in [6.07, 6.45) is 1.47. The molecule has 7 nitrogen and oxygen atoms in total.